The number of nitrogen functional groups attached to an aromatic ring is 1. The van der Waals surface area contributed by atoms with Gasteiger partial charge in [0.25, 0.3) is 0 Å². The van der Waals surface area contributed by atoms with Crippen LogP contribution in [-0.4, -0.2) is 39.5 Å². The van der Waals surface area contributed by atoms with E-state index in [9.17, 15) is 14.7 Å². The van der Waals surface area contributed by atoms with Crippen molar-refractivity contribution in [3.8, 4) is 11.5 Å². The highest BCUT2D eigenvalue weighted by atomic mass is 16.7. The monoisotopic (exact) mass is 480 g/mol. The van der Waals surface area contributed by atoms with Crippen LogP contribution >= 0.6 is 0 Å². The standard InChI is InChI=1S/C26H28N2O7/c1-13-9-16(29)22-18(32-13)12-17-15(23(22)30)11-20(25(2,3)34-17)33-24(31)26(4)19(35-26)6-5-14-7-8-28-21(27)10-14/h7-10,12,19-20,30H,5-6,11H2,1-4H3,(H2,27,28). The number of ether oxygens (including phenoxy) is 3. The van der Waals surface area contributed by atoms with Gasteiger partial charge in [-0.15, -0.1) is 0 Å². The van der Waals surface area contributed by atoms with Crippen LogP contribution in [0.4, 0.5) is 5.82 Å². The lowest BCUT2D eigenvalue weighted by Gasteiger charge is -2.39. The summed E-state index contributed by atoms with van der Waals surface area (Å²) in [6, 6.07) is 6.61. The molecule has 0 saturated carbocycles. The van der Waals surface area contributed by atoms with E-state index in [0.717, 1.165) is 5.56 Å². The summed E-state index contributed by atoms with van der Waals surface area (Å²) in [7, 11) is 0. The van der Waals surface area contributed by atoms with Gasteiger partial charge in [-0.1, -0.05) is 0 Å². The summed E-state index contributed by atoms with van der Waals surface area (Å²) in [6.07, 6.45) is 2.16. The molecule has 0 amide bonds. The molecule has 35 heavy (non-hydrogen) atoms. The number of carbonyl (C=O) groups excluding carboxylic acids is 1. The zero-order valence-corrected chi connectivity index (χ0v) is 20.1. The van der Waals surface area contributed by atoms with Crippen LogP contribution in [0.5, 0.6) is 11.5 Å². The number of anilines is 1. The minimum Gasteiger partial charge on any atom is -0.507 e. The van der Waals surface area contributed by atoms with Crippen LogP contribution < -0.4 is 15.9 Å². The van der Waals surface area contributed by atoms with E-state index in [0.29, 0.717) is 35.7 Å². The van der Waals surface area contributed by atoms with E-state index in [1.165, 1.54) is 6.07 Å². The Hall–Kier alpha value is -3.59. The second kappa shape index (κ2) is 7.98. The van der Waals surface area contributed by atoms with Crippen molar-refractivity contribution in [1.29, 1.82) is 0 Å². The molecule has 2 aliphatic heterocycles. The average molecular weight is 481 g/mol. The van der Waals surface area contributed by atoms with Crippen molar-refractivity contribution in [2.75, 3.05) is 5.73 Å². The number of hydrogen-bond acceptors (Lipinski definition) is 9. The maximum absolute atomic E-state index is 13.1. The van der Waals surface area contributed by atoms with Gasteiger partial charge in [0.15, 0.2) is 11.0 Å². The molecule has 3 atom stereocenters. The first-order valence-corrected chi connectivity index (χ1v) is 11.6. The van der Waals surface area contributed by atoms with Crippen LogP contribution in [0.2, 0.25) is 0 Å². The van der Waals surface area contributed by atoms with Crippen molar-refractivity contribution in [2.24, 2.45) is 0 Å². The van der Waals surface area contributed by atoms with Gasteiger partial charge in [-0.25, -0.2) is 9.78 Å². The number of carbonyl (C=O) groups is 1. The number of aromatic hydroxyl groups is 1. The molecule has 5 rings (SSSR count). The summed E-state index contributed by atoms with van der Waals surface area (Å²) in [5.74, 6) is 0.571. The molecule has 184 valence electrons. The van der Waals surface area contributed by atoms with E-state index in [1.54, 1.807) is 32.2 Å². The number of epoxide rings is 1. The number of aryl methyl sites for hydroxylation is 2. The zero-order chi connectivity index (χ0) is 25.1. The number of esters is 1. The van der Waals surface area contributed by atoms with Crippen molar-refractivity contribution in [2.45, 2.75) is 70.4 Å². The number of pyridine rings is 1. The van der Waals surface area contributed by atoms with Crippen molar-refractivity contribution >= 4 is 22.8 Å². The number of aromatic nitrogens is 1. The normalized spacial score (nSPS) is 24.5. The highest BCUT2D eigenvalue weighted by Gasteiger charge is 2.60. The van der Waals surface area contributed by atoms with Crippen molar-refractivity contribution in [3.63, 3.8) is 0 Å². The molecular formula is C26H28N2O7. The van der Waals surface area contributed by atoms with Crippen LogP contribution in [0.15, 0.2) is 39.7 Å². The van der Waals surface area contributed by atoms with Gasteiger partial charge >= 0.3 is 5.97 Å². The molecule has 3 unspecified atom stereocenters. The fourth-order valence-corrected chi connectivity index (χ4v) is 4.66. The third-order valence-electron chi connectivity index (χ3n) is 6.86. The van der Waals surface area contributed by atoms with E-state index < -0.39 is 23.3 Å². The quantitative estimate of drug-likeness (QED) is 0.416. The first kappa shape index (κ1) is 23.2. The minimum atomic E-state index is -1.06. The summed E-state index contributed by atoms with van der Waals surface area (Å²) in [4.78, 5) is 29.6. The molecule has 0 spiro atoms. The number of nitrogens with two attached hydrogens (primary N) is 1. The molecule has 3 aromatic rings. The number of rotatable bonds is 5. The minimum absolute atomic E-state index is 0.0806. The lowest BCUT2D eigenvalue weighted by atomic mass is 9.89. The van der Waals surface area contributed by atoms with E-state index in [-0.39, 0.29) is 34.7 Å². The van der Waals surface area contributed by atoms with Crippen molar-refractivity contribution in [1.82, 2.24) is 4.98 Å². The van der Waals surface area contributed by atoms with Gasteiger partial charge in [0, 0.05) is 30.3 Å². The second-order valence-electron chi connectivity index (χ2n) is 9.94. The molecule has 4 heterocycles. The van der Waals surface area contributed by atoms with Gasteiger partial charge in [-0.3, -0.25) is 4.79 Å². The van der Waals surface area contributed by atoms with Crippen LogP contribution in [-0.2, 0) is 27.1 Å². The molecule has 2 aliphatic rings. The van der Waals surface area contributed by atoms with E-state index >= 15 is 0 Å². The Morgan fingerprint density at radius 2 is 2.06 bits per heavy atom. The molecule has 0 aliphatic carbocycles. The number of phenolic OH excluding ortho intramolecular Hbond substituents is 1. The van der Waals surface area contributed by atoms with E-state index in [1.807, 2.05) is 19.9 Å². The van der Waals surface area contributed by atoms with Crippen LogP contribution in [0.1, 0.15) is 44.1 Å². The maximum Gasteiger partial charge on any atom is 0.341 e. The van der Waals surface area contributed by atoms with Crippen LogP contribution in [0.25, 0.3) is 11.0 Å². The Balaban J connectivity index is 1.33. The number of hydrogen-bond donors (Lipinski definition) is 2. The first-order chi connectivity index (χ1) is 16.5. The summed E-state index contributed by atoms with van der Waals surface area (Å²) >= 11 is 0. The zero-order valence-electron chi connectivity index (χ0n) is 20.1. The van der Waals surface area contributed by atoms with Gasteiger partial charge in [-0.2, -0.15) is 0 Å². The number of nitrogens with zero attached hydrogens (tertiary/aromatic N) is 1. The lowest BCUT2D eigenvalue weighted by Crippen LogP contribution is -2.50. The molecule has 1 aromatic carbocycles. The Morgan fingerprint density at radius 3 is 2.80 bits per heavy atom. The third kappa shape index (κ3) is 4.10. The summed E-state index contributed by atoms with van der Waals surface area (Å²) in [5, 5.41) is 11.0. The van der Waals surface area contributed by atoms with Gasteiger partial charge < -0.3 is 29.5 Å². The highest BCUT2D eigenvalue weighted by molar-refractivity contribution is 5.87. The topological polar surface area (TPSA) is 137 Å². The van der Waals surface area contributed by atoms with E-state index in [4.69, 9.17) is 24.4 Å². The Labute approximate surface area is 201 Å². The van der Waals surface area contributed by atoms with Crippen molar-refractivity contribution < 1.29 is 28.5 Å². The largest absolute Gasteiger partial charge is 0.507 e. The van der Waals surface area contributed by atoms with Crippen molar-refractivity contribution in [3.05, 3.63) is 57.6 Å². The Bertz CT molecular complexity index is 1400. The predicted octanol–water partition coefficient (Wildman–Crippen LogP) is 3.20. The maximum atomic E-state index is 13.1. The average Bonchev–Trinajstić information content (AvgIpc) is 3.44. The summed E-state index contributed by atoms with van der Waals surface area (Å²) in [5.41, 5.74) is 5.11. The second-order valence-corrected chi connectivity index (χ2v) is 9.94. The molecule has 3 N–H and O–H groups in total. The fraction of sp³-hybridized carbons (Fsp3) is 0.423. The molecule has 0 bridgehead atoms. The molecule has 1 fully saturated rings. The van der Waals surface area contributed by atoms with Crippen LogP contribution in [0, 0.1) is 6.92 Å². The van der Waals surface area contributed by atoms with Gasteiger partial charge in [-0.05, 0) is 58.2 Å². The highest BCUT2D eigenvalue weighted by Crippen LogP contribution is 2.45. The SMILES string of the molecule is Cc1cc(=O)c2c(O)c3c(cc2o1)OC(C)(C)C(OC(=O)C1(C)OC1CCc1ccnc(N)c1)C3. The molecule has 1 saturated heterocycles. The smallest absolute Gasteiger partial charge is 0.341 e. The lowest BCUT2D eigenvalue weighted by molar-refractivity contribution is -0.166. The van der Waals surface area contributed by atoms with E-state index in [2.05, 4.69) is 4.98 Å². The summed E-state index contributed by atoms with van der Waals surface area (Å²) in [6.45, 7) is 6.99. The predicted molar refractivity (Wildman–Crippen MR) is 127 cm³/mol. The fourth-order valence-electron chi connectivity index (χ4n) is 4.66. The first-order valence-electron chi connectivity index (χ1n) is 11.6. The molecule has 0 radical (unpaired) electrons. The Morgan fingerprint density at radius 1 is 1.29 bits per heavy atom. The van der Waals surface area contributed by atoms with Gasteiger partial charge in [0.2, 0.25) is 0 Å². The van der Waals surface area contributed by atoms with Gasteiger partial charge in [0.05, 0.1) is 6.10 Å². The number of phenols is 1. The molecule has 2 aromatic heterocycles. The van der Waals surface area contributed by atoms with Gasteiger partial charge in [0.1, 0.15) is 45.8 Å². The molecular weight excluding hydrogens is 452 g/mol. The number of fused-ring (bicyclic) bond motifs is 2. The number of benzene rings is 1. The Kier molecular flexibility index (Phi) is 5.28. The van der Waals surface area contributed by atoms with Crippen LogP contribution in [0.3, 0.4) is 0 Å². The molecule has 9 nitrogen and oxygen atoms in total. The third-order valence-corrected chi connectivity index (χ3v) is 6.86. The molecule has 9 heteroatoms. The summed E-state index contributed by atoms with van der Waals surface area (Å²) < 4.78 is 23.4.